The fourth-order valence-corrected chi connectivity index (χ4v) is 2.58. The average Bonchev–Trinajstić information content (AvgIpc) is 2.83. The fraction of sp³-hybridized carbons (Fsp3) is 0.700. The summed E-state index contributed by atoms with van der Waals surface area (Å²) in [7, 11) is 2.66. The Hall–Kier alpha value is -1.20. The highest BCUT2D eigenvalue weighted by atomic mass is 31.0. The highest BCUT2D eigenvalue weighted by molar-refractivity contribution is 7.16. The molecule has 1 fully saturated rings. The number of aliphatic imine (C=N–C) groups is 2. The molecular formula is C10H17N6OP. The van der Waals surface area contributed by atoms with Gasteiger partial charge in [0.1, 0.15) is 5.84 Å². The van der Waals surface area contributed by atoms with E-state index in [1.807, 2.05) is 11.2 Å². The normalized spacial score (nSPS) is 31.2. The van der Waals surface area contributed by atoms with E-state index in [-0.39, 0.29) is 12.1 Å². The quantitative estimate of drug-likeness (QED) is 0.626. The van der Waals surface area contributed by atoms with Crippen LogP contribution in [0, 0.1) is 5.92 Å². The molecule has 0 spiro atoms. The summed E-state index contributed by atoms with van der Waals surface area (Å²) in [4.78, 5) is 11.2. The third kappa shape index (κ3) is 1.97. The number of fused-ring (bicyclic) bond motifs is 1. The van der Waals surface area contributed by atoms with Crippen LogP contribution in [0.2, 0.25) is 0 Å². The zero-order chi connectivity index (χ0) is 12.5. The lowest BCUT2D eigenvalue weighted by molar-refractivity contribution is 0.0668. The standard InChI is InChI=1S/C10H17N6OP/c11-8-7-5-12-16(6-18)9(7)14-10(13-8)15-1-3-17-4-2-15/h5,7,9H,1-4,6,18H2,(H2,11,13,14). The van der Waals surface area contributed by atoms with Gasteiger partial charge in [0.25, 0.3) is 0 Å². The van der Waals surface area contributed by atoms with E-state index in [2.05, 4.69) is 29.2 Å². The second-order valence-corrected chi connectivity index (χ2v) is 4.76. The number of rotatable bonds is 1. The number of ether oxygens (including phenoxy) is 1. The fourth-order valence-electron chi connectivity index (χ4n) is 2.27. The van der Waals surface area contributed by atoms with Crippen molar-refractivity contribution >= 4 is 27.2 Å². The molecule has 3 aliphatic rings. The molecule has 2 N–H and O–H groups in total. The SMILES string of the molecule is NC1=NC(N2CCOCC2)=NC2C1C=NN2CP. The van der Waals surface area contributed by atoms with Gasteiger partial charge >= 0.3 is 0 Å². The van der Waals surface area contributed by atoms with Crippen LogP contribution in [0.4, 0.5) is 0 Å². The third-order valence-corrected chi connectivity index (χ3v) is 3.68. The summed E-state index contributed by atoms with van der Waals surface area (Å²) in [5, 5.41) is 6.22. The molecule has 98 valence electrons. The van der Waals surface area contributed by atoms with Gasteiger partial charge in [-0.2, -0.15) is 10.1 Å². The van der Waals surface area contributed by atoms with Crippen LogP contribution in [-0.4, -0.2) is 66.7 Å². The number of amidine groups is 1. The molecule has 0 aromatic heterocycles. The molecule has 0 aromatic rings. The first-order valence-corrected chi connectivity index (χ1v) is 6.86. The minimum absolute atomic E-state index is 0.00957. The second kappa shape index (κ2) is 4.82. The summed E-state index contributed by atoms with van der Waals surface area (Å²) >= 11 is 0. The van der Waals surface area contributed by atoms with Gasteiger partial charge in [-0.05, 0) is 0 Å². The van der Waals surface area contributed by atoms with Crippen molar-refractivity contribution < 1.29 is 4.74 Å². The van der Waals surface area contributed by atoms with Crippen LogP contribution in [0.15, 0.2) is 15.1 Å². The highest BCUT2D eigenvalue weighted by Crippen LogP contribution is 2.24. The number of hydrazone groups is 1. The average molecular weight is 268 g/mol. The Labute approximate surface area is 108 Å². The molecule has 0 radical (unpaired) electrons. The van der Waals surface area contributed by atoms with E-state index in [4.69, 9.17) is 10.5 Å². The predicted octanol–water partition coefficient (Wildman–Crippen LogP) is -0.878. The first kappa shape index (κ1) is 11.9. The maximum absolute atomic E-state index is 6.02. The number of hydrogen-bond acceptors (Lipinski definition) is 7. The van der Waals surface area contributed by atoms with Gasteiger partial charge in [0.05, 0.1) is 25.4 Å². The van der Waals surface area contributed by atoms with Crippen molar-refractivity contribution in [2.45, 2.75) is 6.17 Å². The minimum atomic E-state index is -0.0437. The maximum atomic E-state index is 6.02. The van der Waals surface area contributed by atoms with Crippen molar-refractivity contribution in [3.63, 3.8) is 0 Å². The molecule has 3 unspecified atom stereocenters. The van der Waals surface area contributed by atoms with Crippen LogP contribution in [0.1, 0.15) is 0 Å². The lowest BCUT2D eigenvalue weighted by Crippen LogP contribution is -2.47. The van der Waals surface area contributed by atoms with E-state index in [0.29, 0.717) is 25.0 Å². The zero-order valence-electron chi connectivity index (χ0n) is 10.1. The van der Waals surface area contributed by atoms with Crippen LogP contribution in [0.25, 0.3) is 0 Å². The van der Waals surface area contributed by atoms with Crippen molar-refractivity contribution in [2.24, 2.45) is 26.7 Å². The predicted molar refractivity (Wildman–Crippen MR) is 73.6 cm³/mol. The lowest BCUT2D eigenvalue weighted by atomic mass is 10.1. The molecule has 8 heteroatoms. The van der Waals surface area contributed by atoms with Crippen LogP contribution >= 0.6 is 9.24 Å². The van der Waals surface area contributed by atoms with Crippen molar-refractivity contribution in [3.8, 4) is 0 Å². The molecule has 3 heterocycles. The summed E-state index contributed by atoms with van der Waals surface area (Å²) < 4.78 is 5.33. The maximum Gasteiger partial charge on any atom is 0.224 e. The summed E-state index contributed by atoms with van der Waals surface area (Å²) in [6, 6.07) is 0. The molecule has 0 aliphatic carbocycles. The summed E-state index contributed by atoms with van der Waals surface area (Å²) in [5.74, 6) is 1.32. The summed E-state index contributed by atoms with van der Waals surface area (Å²) in [6.45, 7) is 3.06. The van der Waals surface area contributed by atoms with E-state index in [1.165, 1.54) is 0 Å². The van der Waals surface area contributed by atoms with Gasteiger partial charge in [-0.3, -0.25) is 5.01 Å². The van der Waals surface area contributed by atoms with Crippen molar-refractivity contribution in [2.75, 3.05) is 32.6 Å². The Kier molecular flexibility index (Phi) is 3.18. The molecule has 18 heavy (non-hydrogen) atoms. The van der Waals surface area contributed by atoms with E-state index < -0.39 is 0 Å². The number of guanidine groups is 1. The van der Waals surface area contributed by atoms with E-state index >= 15 is 0 Å². The van der Waals surface area contributed by atoms with Gasteiger partial charge in [-0.25, -0.2) is 4.99 Å². The molecule has 1 saturated heterocycles. The third-order valence-electron chi connectivity index (χ3n) is 3.30. The Morgan fingerprint density at radius 1 is 1.44 bits per heavy atom. The van der Waals surface area contributed by atoms with Crippen molar-refractivity contribution in [1.29, 1.82) is 0 Å². The number of nitrogens with two attached hydrogens (primary N) is 1. The Morgan fingerprint density at radius 2 is 2.22 bits per heavy atom. The molecule has 3 aliphatic heterocycles. The lowest BCUT2D eigenvalue weighted by Gasteiger charge is -2.32. The number of hydrogen-bond donors (Lipinski definition) is 1. The Bertz CT molecular complexity index is 417. The molecule has 3 rings (SSSR count). The Balaban J connectivity index is 1.83. The highest BCUT2D eigenvalue weighted by Gasteiger charge is 2.36. The van der Waals surface area contributed by atoms with Gasteiger partial charge in [-0.1, -0.05) is 0 Å². The summed E-state index contributed by atoms with van der Waals surface area (Å²) in [5.41, 5.74) is 6.02. The van der Waals surface area contributed by atoms with Crippen molar-refractivity contribution in [3.05, 3.63) is 0 Å². The van der Waals surface area contributed by atoms with Gasteiger partial charge in [0, 0.05) is 19.3 Å². The molecule has 0 aromatic carbocycles. The van der Waals surface area contributed by atoms with E-state index in [0.717, 1.165) is 19.4 Å². The second-order valence-electron chi connectivity index (χ2n) is 4.39. The van der Waals surface area contributed by atoms with E-state index in [1.54, 1.807) is 0 Å². The molecule has 0 bridgehead atoms. The molecule has 7 nitrogen and oxygen atoms in total. The number of nitrogens with zero attached hydrogens (tertiary/aromatic N) is 5. The first-order chi connectivity index (χ1) is 8.79. The molecule has 3 atom stereocenters. The monoisotopic (exact) mass is 268 g/mol. The smallest absolute Gasteiger partial charge is 0.224 e. The van der Waals surface area contributed by atoms with Gasteiger partial charge < -0.3 is 15.4 Å². The largest absolute Gasteiger partial charge is 0.386 e. The van der Waals surface area contributed by atoms with Crippen LogP contribution in [0.5, 0.6) is 0 Å². The molecule has 0 saturated carbocycles. The number of morpholine rings is 1. The van der Waals surface area contributed by atoms with Gasteiger partial charge in [0.2, 0.25) is 5.96 Å². The zero-order valence-corrected chi connectivity index (χ0v) is 11.2. The minimum Gasteiger partial charge on any atom is -0.386 e. The summed E-state index contributed by atoms with van der Waals surface area (Å²) in [6.07, 6.45) is 2.52. The molecular weight excluding hydrogens is 251 g/mol. The van der Waals surface area contributed by atoms with Gasteiger partial charge in [0.15, 0.2) is 6.17 Å². The van der Waals surface area contributed by atoms with E-state index in [9.17, 15) is 0 Å². The van der Waals surface area contributed by atoms with Crippen LogP contribution in [-0.2, 0) is 4.74 Å². The first-order valence-electron chi connectivity index (χ1n) is 6.05. The van der Waals surface area contributed by atoms with Crippen LogP contribution in [0.3, 0.4) is 0 Å². The Morgan fingerprint density at radius 3 is 2.94 bits per heavy atom. The van der Waals surface area contributed by atoms with Crippen LogP contribution < -0.4 is 5.73 Å². The molecule has 0 amide bonds. The topological polar surface area (TPSA) is 78.8 Å². The van der Waals surface area contributed by atoms with Crippen molar-refractivity contribution in [1.82, 2.24) is 9.91 Å². The van der Waals surface area contributed by atoms with Gasteiger partial charge in [-0.15, -0.1) is 9.24 Å².